The number of hydrogen-bond donors (Lipinski definition) is 3. The maximum atomic E-state index is 12.1. The summed E-state index contributed by atoms with van der Waals surface area (Å²) in [7, 11) is 0. The van der Waals surface area contributed by atoms with Gasteiger partial charge in [-0.15, -0.1) is 0 Å². The van der Waals surface area contributed by atoms with Gasteiger partial charge in [-0.3, -0.25) is 9.59 Å². The van der Waals surface area contributed by atoms with Gasteiger partial charge < -0.3 is 15.3 Å². The molecule has 142 valence electrons. The second kappa shape index (κ2) is 12.0. The third kappa shape index (κ3) is 8.45. The van der Waals surface area contributed by atoms with E-state index in [2.05, 4.69) is 13.0 Å². The topological polar surface area (TPSA) is 94.8 Å². The summed E-state index contributed by atoms with van der Waals surface area (Å²) in [6.45, 7) is 2.16. The van der Waals surface area contributed by atoms with Crippen LogP contribution >= 0.6 is 0 Å². The molecule has 5 nitrogen and oxygen atoms in total. The predicted octanol–water partition coefficient (Wildman–Crippen LogP) is 3.25. The van der Waals surface area contributed by atoms with Gasteiger partial charge >= 0.3 is 5.97 Å². The first-order valence-electron chi connectivity index (χ1n) is 9.39. The van der Waals surface area contributed by atoms with E-state index in [1.54, 1.807) is 12.2 Å². The predicted molar refractivity (Wildman–Crippen MR) is 97.1 cm³/mol. The summed E-state index contributed by atoms with van der Waals surface area (Å²) < 4.78 is 0. The Kier molecular flexibility index (Phi) is 10.3. The number of carboxylic acid groups (broad SMARTS) is 1. The number of ketones is 1. The lowest BCUT2D eigenvalue weighted by Gasteiger charge is -2.16. The Hall–Kier alpha value is -1.46. The zero-order valence-electron chi connectivity index (χ0n) is 15.1. The Bertz CT molecular complexity index is 469. The fourth-order valence-corrected chi connectivity index (χ4v) is 3.22. The molecule has 4 atom stereocenters. The molecule has 5 heteroatoms. The first-order chi connectivity index (χ1) is 12.0. The maximum Gasteiger partial charge on any atom is 0.303 e. The van der Waals surface area contributed by atoms with Crippen LogP contribution in [0.2, 0.25) is 0 Å². The lowest BCUT2D eigenvalue weighted by molar-refractivity contribution is -0.137. The van der Waals surface area contributed by atoms with Crippen molar-refractivity contribution in [3.63, 3.8) is 0 Å². The molecule has 25 heavy (non-hydrogen) atoms. The average Bonchev–Trinajstić information content (AvgIpc) is 2.81. The van der Waals surface area contributed by atoms with Crippen LogP contribution in [0.3, 0.4) is 0 Å². The highest BCUT2D eigenvalue weighted by Crippen LogP contribution is 2.33. The zero-order valence-corrected chi connectivity index (χ0v) is 15.1. The molecule has 0 amide bonds. The SMILES string of the molecule is CCCCC/C=C\C[C@@H]1C(=O)C[C@H](O)[C@H]1/C=C/[C@H](O)CCCC(=O)O. The third-order valence-corrected chi connectivity index (χ3v) is 4.71. The van der Waals surface area contributed by atoms with Crippen molar-refractivity contribution in [2.75, 3.05) is 0 Å². The van der Waals surface area contributed by atoms with Crippen molar-refractivity contribution in [3.8, 4) is 0 Å². The molecule has 0 aromatic rings. The van der Waals surface area contributed by atoms with Gasteiger partial charge in [0.05, 0.1) is 12.2 Å². The molecule has 0 unspecified atom stereocenters. The first kappa shape index (κ1) is 21.6. The van der Waals surface area contributed by atoms with Gasteiger partial charge in [-0.25, -0.2) is 0 Å². The van der Waals surface area contributed by atoms with E-state index in [0.717, 1.165) is 12.8 Å². The Balaban J connectivity index is 2.49. The molecule has 0 heterocycles. The van der Waals surface area contributed by atoms with Gasteiger partial charge in [-0.2, -0.15) is 0 Å². The first-order valence-corrected chi connectivity index (χ1v) is 9.39. The van der Waals surface area contributed by atoms with Crippen molar-refractivity contribution in [2.24, 2.45) is 11.8 Å². The number of aliphatic hydroxyl groups is 2. The van der Waals surface area contributed by atoms with Gasteiger partial charge in [-0.1, -0.05) is 44.1 Å². The summed E-state index contributed by atoms with van der Waals surface area (Å²) in [6, 6.07) is 0. The number of carboxylic acids is 1. The number of carbonyl (C=O) groups is 2. The summed E-state index contributed by atoms with van der Waals surface area (Å²) in [5.41, 5.74) is 0. The summed E-state index contributed by atoms with van der Waals surface area (Å²) >= 11 is 0. The minimum atomic E-state index is -0.876. The molecule has 0 aliphatic heterocycles. The second-order valence-electron chi connectivity index (χ2n) is 6.86. The number of aliphatic hydroxyl groups excluding tert-OH is 2. The number of rotatable bonds is 12. The Morgan fingerprint density at radius 3 is 2.72 bits per heavy atom. The summed E-state index contributed by atoms with van der Waals surface area (Å²) in [6.07, 6.45) is 12.1. The minimum Gasteiger partial charge on any atom is -0.481 e. The van der Waals surface area contributed by atoms with Gasteiger partial charge in [0.1, 0.15) is 5.78 Å². The highest BCUT2D eigenvalue weighted by Gasteiger charge is 2.39. The molecule has 0 saturated heterocycles. The van der Waals surface area contributed by atoms with Crippen molar-refractivity contribution in [3.05, 3.63) is 24.3 Å². The quantitative estimate of drug-likeness (QED) is 0.370. The fraction of sp³-hybridized carbons (Fsp3) is 0.700. The van der Waals surface area contributed by atoms with Crippen molar-refractivity contribution < 1.29 is 24.9 Å². The van der Waals surface area contributed by atoms with Gasteiger partial charge in [0.25, 0.3) is 0 Å². The van der Waals surface area contributed by atoms with E-state index < -0.39 is 18.2 Å². The van der Waals surface area contributed by atoms with E-state index in [1.165, 1.54) is 12.8 Å². The maximum absolute atomic E-state index is 12.1. The van der Waals surface area contributed by atoms with Crippen LogP contribution in [0.5, 0.6) is 0 Å². The van der Waals surface area contributed by atoms with Crippen molar-refractivity contribution in [1.29, 1.82) is 0 Å². The van der Waals surface area contributed by atoms with Gasteiger partial charge in [0, 0.05) is 24.7 Å². The molecule has 0 bridgehead atoms. The highest BCUT2D eigenvalue weighted by molar-refractivity contribution is 5.84. The van der Waals surface area contributed by atoms with Gasteiger partial charge in [0.2, 0.25) is 0 Å². The van der Waals surface area contributed by atoms with E-state index >= 15 is 0 Å². The number of unbranched alkanes of at least 4 members (excludes halogenated alkanes) is 3. The number of carbonyl (C=O) groups excluding carboxylic acids is 1. The Morgan fingerprint density at radius 1 is 1.28 bits per heavy atom. The molecule has 1 saturated carbocycles. The zero-order chi connectivity index (χ0) is 18.7. The summed E-state index contributed by atoms with van der Waals surface area (Å²) in [5, 5.41) is 28.6. The number of aliphatic carboxylic acids is 1. The van der Waals surface area contributed by atoms with E-state index in [-0.39, 0.29) is 30.5 Å². The van der Waals surface area contributed by atoms with E-state index in [9.17, 15) is 19.8 Å². The molecular weight excluding hydrogens is 320 g/mol. The smallest absolute Gasteiger partial charge is 0.303 e. The number of hydrogen-bond acceptors (Lipinski definition) is 4. The van der Waals surface area contributed by atoms with Crippen molar-refractivity contribution in [2.45, 2.75) is 76.9 Å². The average molecular weight is 352 g/mol. The van der Waals surface area contributed by atoms with Crippen LogP contribution in [0.1, 0.15) is 64.7 Å². The molecule has 1 aliphatic rings. The number of allylic oxidation sites excluding steroid dienone is 2. The third-order valence-electron chi connectivity index (χ3n) is 4.71. The van der Waals surface area contributed by atoms with Crippen LogP contribution in [-0.4, -0.2) is 39.3 Å². The minimum absolute atomic E-state index is 0.0287. The lowest BCUT2D eigenvalue weighted by atomic mass is 9.90. The molecule has 0 spiro atoms. The van der Waals surface area contributed by atoms with Crippen LogP contribution in [0, 0.1) is 11.8 Å². The largest absolute Gasteiger partial charge is 0.481 e. The monoisotopic (exact) mass is 352 g/mol. The molecule has 0 radical (unpaired) electrons. The Labute approximate surface area is 150 Å². The van der Waals surface area contributed by atoms with Crippen LogP contribution in [-0.2, 0) is 9.59 Å². The van der Waals surface area contributed by atoms with Crippen molar-refractivity contribution >= 4 is 11.8 Å². The summed E-state index contributed by atoms with van der Waals surface area (Å²) in [4.78, 5) is 22.6. The number of Topliss-reactive ketones (excluding diaryl/α,β-unsaturated/α-hetero) is 1. The summed E-state index contributed by atoms with van der Waals surface area (Å²) in [5.74, 6) is -1.32. The molecule has 0 aromatic heterocycles. The highest BCUT2D eigenvalue weighted by atomic mass is 16.4. The van der Waals surface area contributed by atoms with Gasteiger partial charge in [0.15, 0.2) is 0 Å². The molecule has 0 aromatic carbocycles. The van der Waals surface area contributed by atoms with Gasteiger partial charge in [-0.05, 0) is 32.1 Å². The molecule has 1 rings (SSSR count). The van der Waals surface area contributed by atoms with E-state index in [1.807, 2.05) is 6.08 Å². The second-order valence-corrected chi connectivity index (χ2v) is 6.86. The van der Waals surface area contributed by atoms with Crippen LogP contribution < -0.4 is 0 Å². The van der Waals surface area contributed by atoms with Crippen molar-refractivity contribution in [1.82, 2.24) is 0 Å². The molecule has 1 aliphatic carbocycles. The fourth-order valence-electron chi connectivity index (χ4n) is 3.22. The lowest BCUT2D eigenvalue weighted by Crippen LogP contribution is -2.18. The van der Waals surface area contributed by atoms with E-state index in [0.29, 0.717) is 19.3 Å². The van der Waals surface area contributed by atoms with Crippen LogP contribution in [0.15, 0.2) is 24.3 Å². The molecule has 1 fully saturated rings. The normalized spacial score (nSPS) is 25.2. The Morgan fingerprint density at radius 2 is 2.04 bits per heavy atom. The standard InChI is InChI=1S/C20H32O5/c1-2-3-4-5-6-7-10-16-17(19(23)14-18(16)22)13-12-15(21)9-8-11-20(24)25/h6-7,12-13,15-17,19,21,23H,2-5,8-11,14H2,1H3,(H,24,25)/b7-6-,13-12+/t15-,16+,17+,19+/m1/s1. The molecular formula is C20H32O5. The van der Waals surface area contributed by atoms with Crippen LogP contribution in [0.4, 0.5) is 0 Å². The molecule has 3 N–H and O–H groups in total. The van der Waals surface area contributed by atoms with Crippen LogP contribution in [0.25, 0.3) is 0 Å². The van der Waals surface area contributed by atoms with E-state index in [4.69, 9.17) is 5.11 Å².